The van der Waals surface area contributed by atoms with Crippen LogP contribution in [0.5, 0.6) is 0 Å². The summed E-state index contributed by atoms with van der Waals surface area (Å²) < 4.78 is 0. The predicted molar refractivity (Wildman–Crippen MR) is 83.8 cm³/mol. The molecule has 1 radical (unpaired) electrons. The molecule has 0 saturated carbocycles. The van der Waals surface area contributed by atoms with Crippen molar-refractivity contribution >= 4 is 11.9 Å². The van der Waals surface area contributed by atoms with E-state index in [9.17, 15) is 9.59 Å². The molecule has 127 valence electrons. The van der Waals surface area contributed by atoms with Crippen LogP contribution in [0.2, 0.25) is 0 Å². The largest absolute Gasteiger partial charge is 0.693 e. The van der Waals surface area contributed by atoms with E-state index in [0.717, 1.165) is 0 Å². The topological polar surface area (TPSA) is 142 Å². The van der Waals surface area contributed by atoms with Gasteiger partial charge in [0.25, 0.3) is 0 Å². The third kappa shape index (κ3) is 10.6. The molecule has 2 aromatic rings. The number of hydrogen-bond acceptors (Lipinski definition) is 2. The van der Waals surface area contributed by atoms with Crippen LogP contribution in [0.25, 0.3) is 12.3 Å². The number of benzene rings is 2. The second-order valence-electron chi connectivity index (χ2n) is 3.34. The molecular weight excluding hydrogens is 336 g/mol. The van der Waals surface area contributed by atoms with Gasteiger partial charge in [0.05, 0.1) is 11.1 Å². The van der Waals surface area contributed by atoms with Gasteiger partial charge in [-0.15, -0.1) is 0 Å². The maximum atomic E-state index is 10.2. The van der Waals surface area contributed by atoms with Crippen LogP contribution in [0.1, 0.15) is 20.7 Å². The molecule has 0 aromatic heterocycles. The Morgan fingerprint density at radius 3 is 1.00 bits per heavy atom. The maximum Gasteiger partial charge on any atom is 0.335 e. The third-order valence-electron chi connectivity index (χ3n) is 2.04. The maximum absolute atomic E-state index is 10.2. The second-order valence-corrected chi connectivity index (χ2v) is 3.34. The Labute approximate surface area is 140 Å². The molecule has 0 saturated heterocycles. The van der Waals surface area contributed by atoms with E-state index >= 15 is 0 Å². The van der Waals surface area contributed by atoms with Gasteiger partial charge in [0.15, 0.2) is 0 Å². The molecule has 22 heavy (non-hydrogen) atoms. The molecule has 7 heteroatoms. The van der Waals surface area contributed by atoms with Crippen molar-refractivity contribution in [2.75, 3.05) is 0 Å². The monoisotopic (exact) mass is 354 g/mol. The molecule has 2 aromatic carbocycles. The van der Waals surface area contributed by atoms with Crippen molar-refractivity contribution in [1.29, 1.82) is 0 Å². The summed E-state index contributed by atoms with van der Waals surface area (Å²) in [6.45, 7) is 0. The first-order chi connectivity index (χ1) is 8.61. The fraction of sp³-hybridized carbons (Fsp3) is 0. The van der Waals surface area contributed by atoms with E-state index in [1.807, 2.05) is 0 Å². The van der Waals surface area contributed by atoms with E-state index in [0.29, 0.717) is 11.1 Å². The summed E-state index contributed by atoms with van der Waals surface area (Å²) in [6.07, 6.45) is 0. The zero-order valence-corrected chi connectivity index (χ0v) is 12.9. The van der Waals surface area contributed by atoms with E-state index < -0.39 is 11.9 Å². The van der Waals surface area contributed by atoms with Crippen molar-refractivity contribution in [1.82, 2.24) is 0 Å². The molecule has 0 unspecified atom stereocenters. The zero-order valence-electron chi connectivity index (χ0n) is 11.9. The molecule has 0 spiro atoms. The normalized spacial score (nSPS) is 7.27. The van der Waals surface area contributed by atoms with Crippen LogP contribution in [0.15, 0.2) is 60.7 Å². The summed E-state index contributed by atoms with van der Waals surface area (Å²) in [4.78, 5) is 20.4. The first-order valence-electron chi connectivity index (χ1n) is 5.18. The van der Waals surface area contributed by atoms with Crippen LogP contribution in [0.4, 0.5) is 0 Å². The molecule has 0 aliphatic heterocycles. The standard InChI is InChI=1S/2C7H6O2.CH3.Cu.2H2N/c2*8-7(9)6-4-2-1-3-5-6;;;;/h2*1-5H,(H,8,9);1H3;;2*1H2/q;;-1;;2*-1. The van der Waals surface area contributed by atoms with Gasteiger partial charge >= 0.3 is 11.9 Å². The third-order valence-corrected chi connectivity index (χ3v) is 2.04. The fourth-order valence-corrected chi connectivity index (χ4v) is 1.16. The summed E-state index contributed by atoms with van der Waals surface area (Å²) in [7, 11) is 0. The molecule has 6 nitrogen and oxygen atoms in total. The van der Waals surface area contributed by atoms with Crippen molar-refractivity contribution in [2.24, 2.45) is 0 Å². The first-order valence-corrected chi connectivity index (χ1v) is 5.18. The minimum absolute atomic E-state index is 0. The molecule has 0 atom stereocenters. The SMILES string of the molecule is O=C(O)c1ccccc1.O=C(O)c1ccccc1.[CH3-].[Cu].[NH2-].[NH2-]. The van der Waals surface area contributed by atoms with Crippen LogP contribution in [0, 0.1) is 7.43 Å². The van der Waals surface area contributed by atoms with E-state index in [-0.39, 0.29) is 36.8 Å². The average Bonchev–Trinajstić information content (AvgIpc) is 2.41. The van der Waals surface area contributed by atoms with Gasteiger partial charge in [0.1, 0.15) is 0 Å². The van der Waals surface area contributed by atoms with Gasteiger partial charge < -0.3 is 29.9 Å². The second kappa shape index (κ2) is 15.2. The van der Waals surface area contributed by atoms with Crippen molar-refractivity contribution in [3.8, 4) is 0 Å². The van der Waals surface area contributed by atoms with Crippen LogP contribution >= 0.6 is 0 Å². The van der Waals surface area contributed by atoms with Gasteiger partial charge in [-0.1, -0.05) is 36.4 Å². The van der Waals surface area contributed by atoms with Crippen LogP contribution < -0.4 is 0 Å². The molecule has 0 aliphatic carbocycles. The number of hydrogen-bond donors (Lipinski definition) is 2. The molecule has 0 bridgehead atoms. The Balaban J connectivity index is -0.000000125. The molecular formula is C15H19CuN2O4-3. The Morgan fingerprint density at radius 1 is 0.636 bits per heavy atom. The minimum Gasteiger partial charge on any atom is -0.693 e. The molecule has 0 aliphatic rings. The van der Waals surface area contributed by atoms with Crippen molar-refractivity contribution in [2.45, 2.75) is 0 Å². The van der Waals surface area contributed by atoms with E-state index in [1.165, 1.54) is 0 Å². The van der Waals surface area contributed by atoms with Crippen molar-refractivity contribution in [3.63, 3.8) is 0 Å². The Morgan fingerprint density at radius 2 is 0.864 bits per heavy atom. The molecule has 6 N–H and O–H groups in total. The predicted octanol–water partition coefficient (Wildman–Crippen LogP) is 4.65. The Hall–Kier alpha value is -2.18. The van der Waals surface area contributed by atoms with Gasteiger partial charge in [-0.05, 0) is 24.3 Å². The van der Waals surface area contributed by atoms with Gasteiger partial charge in [-0.25, -0.2) is 9.59 Å². The number of aromatic carboxylic acids is 2. The molecule has 0 fully saturated rings. The summed E-state index contributed by atoms with van der Waals surface area (Å²) >= 11 is 0. The van der Waals surface area contributed by atoms with Crippen LogP contribution in [-0.4, -0.2) is 22.2 Å². The smallest absolute Gasteiger partial charge is 0.335 e. The number of rotatable bonds is 2. The minimum atomic E-state index is -0.879. The van der Waals surface area contributed by atoms with E-state index in [1.54, 1.807) is 60.7 Å². The number of carbonyl (C=O) groups is 2. The zero-order chi connectivity index (χ0) is 13.4. The Kier molecular flexibility index (Phi) is 19.4. The van der Waals surface area contributed by atoms with Gasteiger partial charge in [-0.2, -0.15) is 0 Å². The van der Waals surface area contributed by atoms with Gasteiger partial charge in [0.2, 0.25) is 0 Å². The van der Waals surface area contributed by atoms with Crippen molar-refractivity contribution < 1.29 is 36.9 Å². The van der Waals surface area contributed by atoms with Crippen LogP contribution in [-0.2, 0) is 17.1 Å². The van der Waals surface area contributed by atoms with Gasteiger partial charge in [-0.3, -0.25) is 0 Å². The number of nitrogens with two attached hydrogens (primary N) is 2. The number of carboxylic acids is 2. The summed E-state index contributed by atoms with van der Waals surface area (Å²) in [5.74, 6) is -1.76. The molecule has 2 rings (SSSR count). The summed E-state index contributed by atoms with van der Waals surface area (Å²) in [5.41, 5.74) is 0.662. The van der Waals surface area contributed by atoms with E-state index in [2.05, 4.69) is 0 Å². The fourth-order valence-electron chi connectivity index (χ4n) is 1.16. The average molecular weight is 355 g/mol. The molecule has 0 heterocycles. The quantitative estimate of drug-likeness (QED) is 0.597. The van der Waals surface area contributed by atoms with Crippen LogP contribution in [0.3, 0.4) is 0 Å². The molecule has 0 amide bonds. The Bertz CT molecular complexity index is 472. The summed E-state index contributed by atoms with van der Waals surface area (Å²) in [6, 6.07) is 16.6. The summed E-state index contributed by atoms with van der Waals surface area (Å²) in [5, 5.41) is 16.8. The number of carboxylic acid groups (broad SMARTS) is 2. The van der Waals surface area contributed by atoms with Gasteiger partial charge in [0, 0.05) is 17.1 Å². The van der Waals surface area contributed by atoms with E-state index in [4.69, 9.17) is 10.2 Å². The first kappa shape index (κ1) is 28.0. The van der Waals surface area contributed by atoms with Crippen molar-refractivity contribution in [3.05, 3.63) is 91.5 Å².